The SMILES string of the molecule is CC(C)N1C(=O)C2C3OC(C(OC(=O)C4CC5c6ccccc6C4c4ccccc45)C31)C2C(=O)Oc1cccc2c1CCCC2. The van der Waals surface area contributed by atoms with Gasteiger partial charge in [0.15, 0.2) is 6.10 Å². The lowest BCUT2D eigenvalue weighted by molar-refractivity contribution is -0.164. The van der Waals surface area contributed by atoms with Crippen LogP contribution in [0, 0.1) is 17.8 Å². The Morgan fingerprint density at radius 2 is 1.53 bits per heavy atom. The minimum Gasteiger partial charge on any atom is -0.457 e. The third-order valence-corrected chi connectivity index (χ3v) is 11.5. The van der Waals surface area contributed by atoms with E-state index in [9.17, 15) is 14.4 Å². The molecule has 3 aliphatic heterocycles. The number of hydrogen-bond acceptors (Lipinski definition) is 6. The molecule has 3 fully saturated rings. The molecule has 4 aliphatic carbocycles. The fraction of sp³-hybridized carbons (Fsp3) is 0.447. The van der Waals surface area contributed by atoms with Crippen LogP contribution in [0.5, 0.6) is 5.75 Å². The second-order valence-corrected chi connectivity index (χ2v) is 14.0. The number of hydrogen-bond donors (Lipinski definition) is 0. The van der Waals surface area contributed by atoms with E-state index in [1.165, 1.54) is 27.8 Å². The fourth-order valence-corrected chi connectivity index (χ4v) is 9.77. The molecule has 7 aliphatic rings. The van der Waals surface area contributed by atoms with Crippen molar-refractivity contribution in [2.75, 3.05) is 0 Å². The van der Waals surface area contributed by atoms with Gasteiger partial charge in [-0.3, -0.25) is 14.4 Å². The molecule has 0 spiro atoms. The largest absolute Gasteiger partial charge is 0.457 e. The van der Waals surface area contributed by atoms with E-state index in [0.29, 0.717) is 12.2 Å². The summed E-state index contributed by atoms with van der Waals surface area (Å²) in [6, 6.07) is 22.2. The van der Waals surface area contributed by atoms with Gasteiger partial charge >= 0.3 is 11.9 Å². The summed E-state index contributed by atoms with van der Waals surface area (Å²) in [6.07, 6.45) is 2.72. The molecule has 3 saturated heterocycles. The number of rotatable bonds is 5. The lowest BCUT2D eigenvalue weighted by Crippen LogP contribution is -2.52. The van der Waals surface area contributed by atoms with E-state index >= 15 is 0 Å². The minimum absolute atomic E-state index is 0.0985. The molecule has 1 amide bonds. The maximum absolute atomic E-state index is 14.3. The first-order chi connectivity index (χ1) is 21.9. The number of carbonyl (C=O) groups excluding carboxylic acids is 3. The predicted octanol–water partition coefficient (Wildman–Crippen LogP) is 5.31. The highest BCUT2D eigenvalue weighted by Gasteiger charge is 2.73. The molecule has 230 valence electrons. The Balaban J connectivity index is 1.03. The molecule has 0 N–H and O–H groups in total. The highest BCUT2D eigenvalue weighted by Crippen LogP contribution is 2.57. The Labute approximate surface area is 262 Å². The van der Waals surface area contributed by atoms with Gasteiger partial charge in [0.1, 0.15) is 17.8 Å². The highest BCUT2D eigenvalue weighted by molar-refractivity contribution is 5.92. The standard InChI is InChI=1S/C38H37NO6/c1-19(2)39-32-33-30(36(39)40)31(38(42)43-28-17-9-11-20-10-3-4-12-21(20)28)34(44-33)35(32)45-37(41)27-18-26-22-13-5-7-15-24(22)29(27)25-16-8-6-14-23(25)26/h5-9,11,13-17,19,26-27,29-35H,3-4,10,12,18H2,1-2H3. The molecular weight excluding hydrogens is 566 g/mol. The molecule has 10 rings (SSSR count). The van der Waals surface area contributed by atoms with Gasteiger partial charge in [0.05, 0.1) is 24.0 Å². The Morgan fingerprint density at radius 1 is 0.844 bits per heavy atom. The number of esters is 2. The normalized spacial score (nSPS) is 33.2. The van der Waals surface area contributed by atoms with Crippen LogP contribution in [0.15, 0.2) is 66.7 Å². The lowest BCUT2D eigenvalue weighted by Gasteiger charge is -2.45. The molecule has 3 heterocycles. The molecule has 3 aromatic carbocycles. The van der Waals surface area contributed by atoms with Crippen molar-refractivity contribution in [1.29, 1.82) is 0 Å². The van der Waals surface area contributed by atoms with Crippen LogP contribution in [0.2, 0.25) is 0 Å². The van der Waals surface area contributed by atoms with Gasteiger partial charge in [-0.15, -0.1) is 0 Å². The van der Waals surface area contributed by atoms with Crippen molar-refractivity contribution < 1.29 is 28.6 Å². The summed E-state index contributed by atoms with van der Waals surface area (Å²) in [7, 11) is 0. The third-order valence-electron chi connectivity index (χ3n) is 11.5. The summed E-state index contributed by atoms with van der Waals surface area (Å²) in [6.45, 7) is 3.93. The maximum Gasteiger partial charge on any atom is 0.318 e. The molecule has 0 radical (unpaired) electrons. The van der Waals surface area contributed by atoms with Crippen molar-refractivity contribution >= 4 is 17.8 Å². The zero-order valence-corrected chi connectivity index (χ0v) is 25.6. The van der Waals surface area contributed by atoms with Gasteiger partial charge in [0.25, 0.3) is 0 Å². The number of likely N-dealkylation sites (tertiary alicyclic amines) is 1. The highest BCUT2D eigenvalue weighted by atomic mass is 16.6. The molecule has 0 aromatic heterocycles. The van der Waals surface area contributed by atoms with Gasteiger partial charge in [-0.2, -0.15) is 0 Å². The monoisotopic (exact) mass is 603 g/mol. The van der Waals surface area contributed by atoms with Crippen LogP contribution in [-0.2, 0) is 36.7 Å². The van der Waals surface area contributed by atoms with Crippen molar-refractivity contribution in [3.8, 4) is 5.75 Å². The zero-order chi connectivity index (χ0) is 30.6. The Kier molecular flexibility index (Phi) is 6.09. The molecule has 7 atom stereocenters. The van der Waals surface area contributed by atoms with E-state index in [-0.39, 0.29) is 35.7 Å². The number of benzene rings is 3. The van der Waals surface area contributed by atoms with Crippen molar-refractivity contribution in [3.63, 3.8) is 0 Å². The summed E-state index contributed by atoms with van der Waals surface area (Å²) < 4.78 is 19.0. The van der Waals surface area contributed by atoms with Crippen LogP contribution in [0.4, 0.5) is 0 Å². The molecule has 7 unspecified atom stereocenters. The van der Waals surface area contributed by atoms with Crippen molar-refractivity contribution in [3.05, 3.63) is 100 Å². The number of aryl methyl sites for hydroxylation is 1. The predicted molar refractivity (Wildman–Crippen MR) is 165 cm³/mol. The van der Waals surface area contributed by atoms with Gasteiger partial charge in [0, 0.05) is 17.9 Å². The van der Waals surface area contributed by atoms with E-state index in [2.05, 4.69) is 42.5 Å². The van der Waals surface area contributed by atoms with Crippen LogP contribution in [0.1, 0.15) is 78.3 Å². The van der Waals surface area contributed by atoms with E-state index < -0.39 is 42.2 Å². The first kappa shape index (κ1) is 27.3. The van der Waals surface area contributed by atoms with Gasteiger partial charge in [-0.1, -0.05) is 60.7 Å². The lowest BCUT2D eigenvalue weighted by atomic mass is 9.59. The molecular formula is C38H37NO6. The number of carbonyl (C=O) groups is 3. The maximum atomic E-state index is 14.3. The quantitative estimate of drug-likeness (QED) is 0.290. The summed E-state index contributed by atoms with van der Waals surface area (Å²) in [5, 5.41) is 0. The minimum atomic E-state index is -0.830. The topological polar surface area (TPSA) is 82.1 Å². The summed E-state index contributed by atoms with van der Waals surface area (Å²) >= 11 is 0. The first-order valence-electron chi connectivity index (χ1n) is 16.6. The number of nitrogens with zero attached hydrogens (tertiary/aromatic N) is 1. The van der Waals surface area contributed by atoms with Gasteiger partial charge in [-0.05, 0) is 85.4 Å². The Bertz CT molecular complexity index is 1700. The van der Waals surface area contributed by atoms with E-state index in [4.69, 9.17) is 14.2 Å². The van der Waals surface area contributed by atoms with Crippen LogP contribution in [0.3, 0.4) is 0 Å². The van der Waals surface area contributed by atoms with Gasteiger partial charge in [-0.25, -0.2) is 0 Å². The second kappa shape index (κ2) is 10.0. The zero-order valence-electron chi connectivity index (χ0n) is 25.6. The average molecular weight is 604 g/mol. The van der Waals surface area contributed by atoms with Crippen LogP contribution in [0.25, 0.3) is 0 Å². The van der Waals surface area contributed by atoms with Crippen LogP contribution in [-0.4, -0.2) is 53.1 Å². The van der Waals surface area contributed by atoms with Crippen molar-refractivity contribution in [2.45, 2.75) is 88.2 Å². The van der Waals surface area contributed by atoms with E-state index in [0.717, 1.165) is 31.2 Å². The molecule has 7 heteroatoms. The average Bonchev–Trinajstić information content (AvgIpc) is 3.68. The molecule has 3 aromatic rings. The van der Waals surface area contributed by atoms with E-state index in [1.807, 2.05) is 38.1 Å². The number of ether oxygens (including phenoxy) is 3. The summed E-state index contributed by atoms with van der Waals surface area (Å²) in [5.41, 5.74) is 7.24. The van der Waals surface area contributed by atoms with Crippen molar-refractivity contribution in [1.82, 2.24) is 4.90 Å². The van der Waals surface area contributed by atoms with Crippen molar-refractivity contribution in [2.24, 2.45) is 17.8 Å². The summed E-state index contributed by atoms with van der Waals surface area (Å²) in [5.74, 6) is -2.08. The molecule has 45 heavy (non-hydrogen) atoms. The Hall–Kier alpha value is -3.97. The fourth-order valence-electron chi connectivity index (χ4n) is 9.77. The molecule has 0 saturated carbocycles. The van der Waals surface area contributed by atoms with Gasteiger partial charge in [0.2, 0.25) is 5.91 Å². The smallest absolute Gasteiger partial charge is 0.318 e. The Morgan fingerprint density at radius 3 is 2.24 bits per heavy atom. The van der Waals surface area contributed by atoms with E-state index in [1.54, 1.807) is 4.90 Å². The first-order valence-corrected chi connectivity index (χ1v) is 16.6. The van der Waals surface area contributed by atoms with Gasteiger partial charge < -0.3 is 19.1 Å². The second-order valence-electron chi connectivity index (χ2n) is 14.0. The molecule has 7 nitrogen and oxygen atoms in total. The van der Waals surface area contributed by atoms with Crippen LogP contribution >= 0.6 is 0 Å². The van der Waals surface area contributed by atoms with Crippen LogP contribution < -0.4 is 4.74 Å². The third kappa shape index (κ3) is 3.82. The number of fused-ring (bicyclic) bond motifs is 3. The summed E-state index contributed by atoms with van der Waals surface area (Å²) in [4.78, 5) is 44.0. The number of amides is 1. The molecule has 4 bridgehead atoms.